The minimum atomic E-state index is 0. The van der Waals surface area contributed by atoms with Crippen LogP contribution < -0.4 is 24.2 Å². The van der Waals surface area contributed by atoms with Gasteiger partial charge in [0.1, 0.15) is 0 Å². The molecule has 0 radical (unpaired) electrons. The van der Waals surface area contributed by atoms with Crippen molar-refractivity contribution in [3.05, 3.63) is 35.4 Å². The molecule has 1 aromatic rings. The molecule has 0 unspecified atom stereocenters. The number of aryl methyl sites for hydroxylation is 1. The van der Waals surface area contributed by atoms with Crippen LogP contribution in [0, 0.1) is 6.92 Å². The number of rotatable bonds is 5. The first-order valence-electron chi connectivity index (χ1n) is 4.93. The normalized spacial score (nSPS) is 10.9. The van der Waals surface area contributed by atoms with Gasteiger partial charge in [0.25, 0.3) is 0 Å². The quantitative estimate of drug-likeness (QED) is 0.504. The van der Waals surface area contributed by atoms with Crippen molar-refractivity contribution in [2.45, 2.75) is 26.3 Å². The molecule has 1 aromatic carbocycles. The van der Waals surface area contributed by atoms with E-state index in [9.17, 15) is 4.79 Å². The average Bonchev–Trinajstić information content (AvgIpc) is 2.19. The molecule has 0 aromatic heterocycles. The molecule has 0 heterocycles. The van der Waals surface area contributed by atoms with Gasteiger partial charge in [0.2, 0.25) is 0 Å². The van der Waals surface area contributed by atoms with Crippen molar-refractivity contribution in [2.75, 3.05) is 6.54 Å². The summed E-state index contributed by atoms with van der Waals surface area (Å²) in [5, 5.41) is 3.26. The molecular weight excluding hydrogens is 197 g/mol. The second kappa shape index (κ2) is 9.62. The van der Waals surface area contributed by atoms with E-state index in [1.807, 2.05) is 13.2 Å². The SMILES string of the molecule is CCN[C@H](C[C-]=O)c1ccc(C)cc1.[Li+].[OH-]. The minimum Gasteiger partial charge on any atom is -0.870 e. The van der Waals surface area contributed by atoms with E-state index in [4.69, 9.17) is 0 Å². The van der Waals surface area contributed by atoms with Crippen LogP contribution >= 0.6 is 0 Å². The zero-order chi connectivity index (χ0) is 10.4. The zero-order valence-electron chi connectivity index (χ0n) is 10.2. The van der Waals surface area contributed by atoms with Gasteiger partial charge in [-0.25, -0.2) is 0 Å². The van der Waals surface area contributed by atoms with E-state index < -0.39 is 0 Å². The van der Waals surface area contributed by atoms with Crippen molar-refractivity contribution >= 4 is 6.29 Å². The molecule has 0 amide bonds. The topological polar surface area (TPSA) is 59.1 Å². The maximum absolute atomic E-state index is 10.4. The number of carbonyl (C=O) groups excluding carboxylic acids is 1. The number of hydrogen-bond donors (Lipinski definition) is 1. The van der Waals surface area contributed by atoms with Gasteiger partial charge in [-0.2, -0.15) is 0 Å². The van der Waals surface area contributed by atoms with Gasteiger partial charge in [0, 0.05) is 6.04 Å². The fourth-order valence-corrected chi connectivity index (χ4v) is 1.44. The summed E-state index contributed by atoms with van der Waals surface area (Å²) >= 11 is 0. The summed E-state index contributed by atoms with van der Waals surface area (Å²) in [6.07, 6.45) is 2.37. The summed E-state index contributed by atoms with van der Waals surface area (Å²) in [5.74, 6) is 0. The van der Waals surface area contributed by atoms with Gasteiger partial charge in [-0.15, -0.1) is 6.42 Å². The molecule has 84 valence electrons. The van der Waals surface area contributed by atoms with Gasteiger partial charge < -0.3 is 15.6 Å². The summed E-state index contributed by atoms with van der Waals surface area (Å²) < 4.78 is 0. The fraction of sp³-hybridized carbons (Fsp3) is 0.417. The van der Waals surface area contributed by atoms with Gasteiger partial charge in [-0.1, -0.05) is 36.8 Å². The Balaban J connectivity index is 0. The first-order chi connectivity index (χ1) is 6.77. The molecule has 0 spiro atoms. The Kier molecular flexibility index (Phi) is 10.7. The van der Waals surface area contributed by atoms with Crippen molar-refractivity contribution < 1.29 is 29.1 Å². The Bertz CT molecular complexity index is 288. The van der Waals surface area contributed by atoms with Crippen molar-refractivity contribution in [1.82, 2.24) is 5.32 Å². The van der Waals surface area contributed by atoms with Crippen LogP contribution in [0.25, 0.3) is 0 Å². The van der Waals surface area contributed by atoms with E-state index in [0.717, 1.165) is 12.1 Å². The molecule has 1 rings (SSSR count). The molecule has 4 heteroatoms. The fourth-order valence-electron chi connectivity index (χ4n) is 1.44. The van der Waals surface area contributed by atoms with Crippen molar-refractivity contribution in [3.63, 3.8) is 0 Å². The van der Waals surface area contributed by atoms with E-state index in [1.165, 1.54) is 5.56 Å². The van der Waals surface area contributed by atoms with Crippen LogP contribution in [-0.4, -0.2) is 18.3 Å². The Morgan fingerprint density at radius 2 is 1.88 bits per heavy atom. The summed E-state index contributed by atoms with van der Waals surface area (Å²) in [6, 6.07) is 8.34. The molecule has 0 saturated heterocycles. The van der Waals surface area contributed by atoms with Gasteiger partial charge in [-0.05, 0) is 19.0 Å². The third-order valence-corrected chi connectivity index (χ3v) is 2.22. The molecule has 16 heavy (non-hydrogen) atoms. The third-order valence-electron chi connectivity index (χ3n) is 2.22. The summed E-state index contributed by atoms with van der Waals surface area (Å²) in [5.41, 5.74) is 2.39. The molecule has 3 nitrogen and oxygen atoms in total. The van der Waals surface area contributed by atoms with Gasteiger partial charge in [0.15, 0.2) is 0 Å². The standard InChI is InChI=1S/C12H16NO.Li.H2O/c1-3-13-12(8-9-14)11-6-4-10(2)5-7-11;;/h4-7,12-13H,3,8H2,1-2H3;;1H2/q-1;+1;/p-1/t12-;;/m1../s1. The van der Waals surface area contributed by atoms with Gasteiger partial charge >= 0.3 is 18.9 Å². The van der Waals surface area contributed by atoms with Crippen molar-refractivity contribution in [2.24, 2.45) is 0 Å². The Hall–Kier alpha value is -0.593. The van der Waals surface area contributed by atoms with Gasteiger partial charge in [-0.3, -0.25) is 6.29 Å². The smallest absolute Gasteiger partial charge is 0.870 e. The Labute approximate surface area is 109 Å². The maximum atomic E-state index is 10.4. The Morgan fingerprint density at radius 1 is 1.31 bits per heavy atom. The number of benzene rings is 1. The van der Waals surface area contributed by atoms with Crippen LogP contribution in [0.15, 0.2) is 24.3 Å². The maximum Gasteiger partial charge on any atom is 1.00 e. The summed E-state index contributed by atoms with van der Waals surface area (Å²) in [4.78, 5) is 10.4. The zero-order valence-corrected chi connectivity index (χ0v) is 10.2. The molecule has 0 bridgehead atoms. The molecule has 0 aliphatic rings. The van der Waals surface area contributed by atoms with Crippen LogP contribution in [0.2, 0.25) is 0 Å². The predicted molar refractivity (Wildman–Crippen MR) is 59.8 cm³/mol. The van der Waals surface area contributed by atoms with Crippen LogP contribution in [0.5, 0.6) is 0 Å². The number of hydrogen-bond acceptors (Lipinski definition) is 3. The van der Waals surface area contributed by atoms with E-state index >= 15 is 0 Å². The molecular formula is C12H17LiNO2-. The molecule has 0 aliphatic carbocycles. The summed E-state index contributed by atoms with van der Waals surface area (Å²) in [7, 11) is 0. The van der Waals surface area contributed by atoms with E-state index in [2.05, 4.69) is 36.5 Å². The first kappa shape index (κ1) is 17.8. The van der Waals surface area contributed by atoms with Crippen LogP contribution in [0.1, 0.15) is 30.5 Å². The molecule has 2 N–H and O–H groups in total. The summed E-state index contributed by atoms with van der Waals surface area (Å²) in [6.45, 7) is 4.95. The molecule has 0 fully saturated rings. The monoisotopic (exact) mass is 214 g/mol. The van der Waals surface area contributed by atoms with Gasteiger partial charge in [0.05, 0.1) is 0 Å². The van der Waals surface area contributed by atoms with Crippen molar-refractivity contribution in [3.8, 4) is 0 Å². The third kappa shape index (κ3) is 5.48. The Morgan fingerprint density at radius 3 is 2.31 bits per heavy atom. The van der Waals surface area contributed by atoms with E-state index in [0.29, 0.717) is 6.42 Å². The molecule has 0 saturated carbocycles. The predicted octanol–water partition coefficient (Wildman–Crippen LogP) is -1.03. The van der Waals surface area contributed by atoms with Crippen LogP contribution in [0.3, 0.4) is 0 Å². The minimum absolute atomic E-state index is 0. The van der Waals surface area contributed by atoms with Crippen LogP contribution in [-0.2, 0) is 4.79 Å². The van der Waals surface area contributed by atoms with Crippen LogP contribution in [0.4, 0.5) is 0 Å². The first-order valence-corrected chi connectivity index (χ1v) is 4.93. The van der Waals surface area contributed by atoms with E-state index in [1.54, 1.807) is 0 Å². The second-order valence-electron chi connectivity index (χ2n) is 3.37. The largest absolute Gasteiger partial charge is 1.00 e. The van der Waals surface area contributed by atoms with E-state index in [-0.39, 0.29) is 30.4 Å². The molecule has 0 aliphatic heterocycles. The second-order valence-corrected chi connectivity index (χ2v) is 3.37. The average molecular weight is 214 g/mol. The van der Waals surface area contributed by atoms with Crippen molar-refractivity contribution in [1.29, 1.82) is 0 Å². The number of nitrogens with one attached hydrogen (secondary N) is 1. The molecule has 1 atom stereocenters.